The molecule has 0 spiro atoms. The van der Waals surface area contributed by atoms with E-state index in [9.17, 15) is 4.79 Å². The summed E-state index contributed by atoms with van der Waals surface area (Å²) in [5, 5.41) is 3.94. The van der Waals surface area contributed by atoms with Gasteiger partial charge in [-0.2, -0.15) is 4.98 Å². The van der Waals surface area contributed by atoms with Gasteiger partial charge in [-0.15, -0.1) is 0 Å². The van der Waals surface area contributed by atoms with Crippen molar-refractivity contribution in [3.8, 4) is 0 Å². The van der Waals surface area contributed by atoms with E-state index < -0.39 is 0 Å². The molecule has 1 aliphatic rings. The fraction of sp³-hybridized carbons (Fsp3) is 0.727. The summed E-state index contributed by atoms with van der Waals surface area (Å²) in [7, 11) is 0. The van der Waals surface area contributed by atoms with E-state index in [2.05, 4.69) is 24.0 Å². The van der Waals surface area contributed by atoms with E-state index >= 15 is 0 Å². The molecule has 1 fully saturated rings. The summed E-state index contributed by atoms with van der Waals surface area (Å²) < 4.78 is 5.20. The monoisotopic (exact) mass is 223 g/mol. The zero-order valence-corrected chi connectivity index (χ0v) is 9.93. The highest BCUT2D eigenvalue weighted by Crippen LogP contribution is 2.25. The summed E-state index contributed by atoms with van der Waals surface area (Å²) in [5.74, 6) is 2.32. The molecule has 1 aliphatic heterocycles. The quantitative estimate of drug-likeness (QED) is 0.773. The minimum Gasteiger partial charge on any atom is -0.341 e. The zero-order valence-electron chi connectivity index (χ0n) is 9.93. The molecule has 88 valence electrons. The van der Waals surface area contributed by atoms with Crippen LogP contribution in [0.5, 0.6) is 0 Å². The Kier molecular flexibility index (Phi) is 2.94. The minimum atomic E-state index is 0.109. The molecule has 5 nitrogen and oxygen atoms in total. The van der Waals surface area contributed by atoms with Crippen molar-refractivity contribution in [1.29, 1.82) is 0 Å². The van der Waals surface area contributed by atoms with Crippen molar-refractivity contribution < 1.29 is 9.32 Å². The van der Waals surface area contributed by atoms with Crippen molar-refractivity contribution in [2.24, 2.45) is 5.92 Å². The first-order valence-electron chi connectivity index (χ1n) is 5.64. The third kappa shape index (κ3) is 2.23. The molecule has 0 radical (unpaired) electrons. The Morgan fingerprint density at radius 1 is 1.56 bits per heavy atom. The third-order valence-electron chi connectivity index (χ3n) is 2.75. The highest BCUT2D eigenvalue weighted by molar-refractivity contribution is 5.74. The van der Waals surface area contributed by atoms with E-state index in [1.807, 2.05) is 0 Å². The summed E-state index contributed by atoms with van der Waals surface area (Å²) in [5.41, 5.74) is 0. The molecule has 0 saturated carbocycles. The number of carbonyl (C=O) groups is 1. The Hall–Kier alpha value is -1.39. The van der Waals surface area contributed by atoms with E-state index in [4.69, 9.17) is 4.52 Å². The predicted octanol–water partition coefficient (Wildman–Crippen LogP) is 1.21. The van der Waals surface area contributed by atoms with Gasteiger partial charge in [0, 0.05) is 26.4 Å². The van der Waals surface area contributed by atoms with Crippen molar-refractivity contribution in [3.63, 3.8) is 0 Å². The molecular formula is C11H17N3O2. The van der Waals surface area contributed by atoms with Crippen LogP contribution in [-0.4, -0.2) is 34.0 Å². The van der Waals surface area contributed by atoms with E-state index in [-0.39, 0.29) is 11.8 Å². The van der Waals surface area contributed by atoms with Crippen LogP contribution in [0.4, 0.5) is 0 Å². The van der Waals surface area contributed by atoms with Gasteiger partial charge in [-0.1, -0.05) is 19.0 Å². The summed E-state index contributed by atoms with van der Waals surface area (Å²) in [4.78, 5) is 17.1. The SMILES string of the molecule is CC(=O)N1CC(c2nc(CC(C)C)no2)C1. The molecule has 16 heavy (non-hydrogen) atoms. The Morgan fingerprint density at radius 2 is 2.25 bits per heavy atom. The van der Waals surface area contributed by atoms with Crippen LogP contribution in [0, 0.1) is 5.92 Å². The standard InChI is InChI=1S/C11H17N3O2/c1-7(2)4-10-12-11(16-13-10)9-5-14(6-9)8(3)15/h7,9H,4-6H2,1-3H3. The lowest BCUT2D eigenvalue weighted by Gasteiger charge is -2.36. The summed E-state index contributed by atoms with van der Waals surface area (Å²) in [6, 6.07) is 0. The number of carbonyl (C=O) groups excluding carboxylic acids is 1. The van der Waals surface area contributed by atoms with Crippen LogP contribution in [0.2, 0.25) is 0 Å². The van der Waals surface area contributed by atoms with Crippen LogP contribution in [0.3, 0.4) is 0 Å². The molecule has 0 N–H and O–H groups in total. The number of nitrogens with zero attached hydrogens (tertiary/aromatic N) is 3. The van der Waals surface area contributed by atoms with Gasteiger partial charge in [0.25, 0.3) is 0 Å². The van der Waals surface area contributed by atoms with Gasteiger partial charge in [-0.25, -0.2) is 0 Å². The average molecular weight is 223 g/mol. The molecule has 2 heterocycles. The largest absolute Gasteiger partial charge is 0.341 e. The van der Waals surface area contributed by atoms with Crippen molar-refractivity contribution in [1.82, 2.24) is 15.0 Å². The Morgan fingerprint density at radius 3 is 2.81 bits per heavy atom. The first-order chi connectivity index (χ1) is 7.56. The molecular weight excluding hydrogens is 206 g/mol. The van der Waals surface area contributed by atoms with Gasteiger partial charge in [0.1, 0.15) is 0 Å². The molecule has 5 heteroatoms. The van der Waals surface area contributed by atoms with Crippen LogP contribution < -0.4 is 0 Å². The van der Waals surface area contributed by atoms with Gasteiger partial charge >= 0.3 is 0 Å². The van der Waals surface area contributed by atoms with Crippen LogP contribution in [-0.2, 0) is 11.2 Å². The molecule has 0 aromatic carbocycles. The lowest BCUT2D eigenvalue weighted by molar-refractivity contribution is -0.133. The smallest absolute Gasteiger partial charge is 0.233 e. The molecule has 1 aromatic heterocycles. The van der Waals surface area contributed by atoms with Gasteiger partial charge in [0.05, 0.1) is 5.92 Å². The van der Waals surface area contributed by atoms with Crippen molar-refractivity contribution in [2.75, 3.05) is 13.1 Å². The molecule has 0 unspecified atom stereocenters. The van der Waals surface area contributed by atoms with Gasteiger partial charge < -0.3 is 9.42 Å². The Bertz CT molecular complexity index is 380. The van der Waals surface area contributed by atoms with Crippen molar-refractivity contribution >= 4 is 5.91 Å². The lowest BCUT2D eigenvalue weighted by atomic mass is 10.0. The third-order valence-corrected chi connectivity index (χ3v) is 2.75. The second-order valence-electron chi connectivity index (χ2n) is 4.77. The van der Waals surface area contributed by atoms with Crippen LogP contribution in [0.1, 0.15) is 38.4 Å². The number of rotatable bonds is 3. The second kappa shape index (κ2) is 4.23. The number of likely N-dealkylation sites (tertiary alicyclic amines) is 1. The summed E-state index contributed by atoms with van der Waals surface area (Å²) in [6.07, 6.45) is 0.840. The van der Waals surface area contributed by atoms with Gasteiger partial charge in [0.15, 0.2) is 5.82 Å². The van der Waals surface area contributed by atoms with E-state index in [1.54, 1.807) is 11.8 Å². The van der Waals surface area contributed by atoms with Crippen LogP contribution in [0.15, 0.2) is 4.52 Å². The fourth-order valence-electron chi connectivity index (χ4n) is 1.77. The summed E-state index contributed by atoms with van der Waals surface area (Å²) in [6.45, 7) is 7.24. The first-order valence-corrected chi connectivity index (χ1v) is 5.64. The van der Waals surface area contributed by atoms with Gasteiger partial charge in [-0.3, -0.25) is 4.79 Å². The molecule has 0 aliphatic carbocycles. The number of aromatic nitrogens is 2. The lowest BCUT2D eigenvalue weighted by Crippen LogP contribution is -2.47. The van der Waals surface area contributed by atoms with Gasteiger partial charge in [-0.05, 0) is 5.92 Å². The number of amides is 1. The highest BCUT2D eigenvalue weighted by atomic mass is 16.5. The van der Waals surface area contributed by atoms with Crippen LogP contribution in [0.25, 0.3) is 0 Å². The molecule has 0 bridgehead atoms. The van der Waals surface area contributed by atoms with Crippen molar-refractivity contribution in [2.45, 2.75) is 33.1 Å². The highest BCUT2D eigenvalue weighted by Gasteiger charge is 2.33. The van der Waals surface area contributed by atoms with Gasteiger partial charge in [0.2, 0.25) is 11.8 Å². The molecule has 0 atom stereocenters. The summed E-state index contributed by atoms with van der Waals surface area (Å²) >= 11 is 0. The first kappa shape index (κ1) is 11.1. The zero-order chi connectivity index (χ0) is 11.7. The van der Waals surface area contributed by atoms with Crippen LogP contribution >= 0.6 is 0 Å². The minimum absolute atomic E-state index is 0.109. The maximum Gasteiger partial charge on any atom is 0.233 e. The molecule has 2 rings (SSSR count). The number of hydrogen-bond donors (Lipinski definition) is 0. The van der Waals surface area contributed by atoms with Crippen molar-refractivity contribution in [3.05, 3.63) is 11.7 Å². The Balaban J connectivity index is 1.92. The van der Waals surface area contributed by atoms with E-state index in [0.717, 1.165) is 12.2 Å². The normalized spacial score (nSPS) is 16.6. The molecule has 1 aromatic rings. The fourth-order valence-corrected chi connectivity index (χ4v) is 1.77. The number of hydrogen-bond acceptors (Lipinski definition) is 4. The maximum atomic E-state index is 11.0. The molecule has 1 saturated heterocycles. The van der Waals surface area contributed by atoms with E-state index in [1.165, 1.54) is 0 Å². The average Bonchev–Trinajstić information content (AvgIpc) is 2.48. The maximum absolute atomic E-state index is 11.0. The van der Waals surface area contributed by atoms with E-state index in [0.29, 0.717) is 24.9 Å². The molecule has 1 amide bonds. The topological polar surface area (TPSA) is 59.2 Å². The predicted molar refractivity (Wildman–Crippen MR) is 57.8 cm³/mol. The second-order valence-corrected chi connectivity index (χ2v) is 4.77. The Labute approximate surface area is 94.8 Å².